The number of rotatable bonds is 21. The lowest BCUT2D eigenvalue weighted by molar-refractivity contribution is -0.127. The maximum atomic E-state index is 13.0. The van der Waals surface area contributed by atoms with Gasteiger partial charge in [-0.25, -0.2) is 0 Å². The van der Waals surface area contributed by atoms with Crippen LogP contribution in [-0.2, 0) is 14.3 Å². The Bertz CT molecular complexity index is 826. The van der Waals surface area contributed by atoms with Crippen molar-refractivity contribution in [3.8, 4) is 5.75 Å². The molecule has 40 heavy (non-hydrogen) atoms. The van der Waals surface area contributed by atoms with Gasteiger partial charge in [0, 0.05) is 32.2 Å². The number of halogens is 1. The molecule has 0 radical (unpaired) electrons. The van der Waals surface area contributed by atoms with Gasteiger partial charge in [0.05, 0.1) is 31.5 Å². The minimum absolute atomic E-state index is 0. The van der Waals surface area contributed by atoms with Crippen molar-refractivity contribution in [1.29, 1.82) is 0 Å². The van der Waals surface area contributed by atoms with Crippen molar-refractivity contribution in [2.24, 2.45) is 29.4 Å². The molecule has 10 heteroatoms. The Morgan fingerprint density at radius 3 is 2.27 bits per heavy atom. The van der Waals surface area contributed by atoms with Gasteiger partial charge in [0.2, 0.25) is 5.91 Å². The van der Waals surface area contributed by atoms with Crippen LogP contribution in [0.2, 0.25) is 0 Å². The molecule has 1 rings (SSSR count). The van der Waals surface area contributed by atoms with Gasteiger partial charge < -0.3 is 35.7 Å². The van der Waals surface area contributed by atoms with Gasteiger partial charge in [-0.1, -0.05) is 53.2 Å². The van der Waals surface area contributed by atoms with Gasteiger partial charge >= 0.3 is 0 Å². The molecule has 0 fully saturated rings. The van der Waals surface area contributed by atoms with Crippen molar-refractivity contribution in [2.75, 3.05) is 46.6 Å². The summed E-state index contributed by atoms with van der Waals surface area (Å²) >= 11 is 0. The van der Waals surface area contributed by atoms with E-state index in [9.17, 15) is 14.7 Å². The second kappa shape index (κ2) is 21.8. The minimum Gasteiger partial charge on any atom is -0.490 e. The lowest BCUT2D eigenvalue weighted by Gasteiger charge is -2.30. The standard InChI is InChI=1S/C30H53N3O6.ClH/c1-7-8-13-32-30(36)25(22(4)5)19-27(34)26(31)18-23(21(2)3)20-33-29(35)24-11-9-10-12-28(24)39-17-16-38-15-14-37-6;/h9-12,21-23,25-27,34H,7-8,13-20,31H2,1-6H3,(H,32,36)(H,33,35);1H/t23-,25+,26+,27+;/m1./s1. The number of carbonyl (C=O) groups excluding carboxylic acids is 2. The lowest BCUT2D eigenvalue weighted by atomic mass is 9.83. The summed E-state index contributed by atoms with van der Waals surface area (Å²) in [6.07, 6.45) is 1.97. The topological polar surface area (TPSA) is 132 Å². The fourth-order valence-electron chi connectivity index (χ4n) is 4.29. The number of ether oxygens (including phenoxy) is 3. The summed E-state index contributed by atoms with van der Waals surface area (Å²) in [5, 5.41) is 16.9. The number of para-hydroxylation sites is 1. The van der Waals surface area contributed by atoms with E-state index < -0.39 is 12.1 Å². The number of carbonyl (C=O) groups is 2. The first kappa shape index (κ1) is 38.1. The van der Waals surface area contributed by atoms with Gasteiger partial charge in [0.15, 0.2) is 0 Å². The fourth-order valence-corrected chi connectivity index (χ4v) is 4.29. The first-order valence-corrected chi connectivity index (χ1v) is 14.4. The van der Waals surface area contributed by atoms with E-state index in [1.165, 1.54) is 0 Å². The zero-order valence-corrected chi connectivity index (χ0v) is 26.1. The molecule has 0 aliphatic heterocycles. The zero-order chi connectivity index (χ0) is 29.2. The third kappa shape index (κ3) is 14.6. The summed E-state index contributed by atoms with van der Waals surface area (Å²) in [7, 11) is 1.62. The number of methoxy groups -OCH3 is 1. The second-order valence-electron chi connectivity index (χ2n) is 10.9. The Balaban J connectivity index is 0.0000152. The molecular weight excluding hydrogens is 534 g/mol. The first-order valence-electron chi connectivity index (χ1n) is 14.4. The van der Waals surface area contributed by atoms with Crippen molar-refractivity contribution >= 4 is 24.2 Å². The third-order valence-corrected chi connectivity index (χ3v) is 7.05. The molecule has 232 valence electrons. The molecule has 0 aromatic heterocycles. The summed E-state index contributed by atoms with van der Waals surface area (Å²) in [5.41, 5.74) is 6.89. The fraction of sp³-hybridized carbons (Fsp3) is 0.733. The van der Waals surface area contributed by atoms with Gasteiger partial charge in [-0.15, -0.1) is 12.4 Å². The highest BCUT2D eigenvalue weighted by Crippen LogP contribution is 2.24. The van der Waals surface area contributed by atoms with Gasteiger partial charge in [-0.2, -0.15) is 0 Å². The van der Waals surface area contributed by atoms with E-state index in [0.717, 1.165) is 12.8 Å². The molecule has 9 nitrogen and oxygen atoms in total. The summed E-state index contributed by atoms with van der Waals surface area (Å²) in [6, 6.07) is 6.61. The monoisotopic (exact) mass is 587 g/mol. The number of benzene rings is 1. The van der Waals surface area contributed by atoms with Crippen LogP contribution >= 0.6 is 12.4 Å². The number of nitrogens with two attached hydrogens (primary N) is 1. The van der Waals surface area contributed by atoms with Crippen LogP contribution < -0.4 is 21.1 Å². The SMILES string of the molecule is CCCCNC(=O)[C@@H](C[C@H](O)[C@@H](N)C[C@H](CNC(=O)c1ccccc1OCCOCCOC)C(C)C)C(C)C.Cl. The smallest absolute Gasteiger partial charge is 0.255 e. The van der Waals surface area contributed by atoms with E-state index >= 15 is 0 Å². The number of aliphatic hydroxyl groups is 1. The maximum Gasteiger partial charge on any atom is 0.255 e. The zero-order valence-electron chi connectivity index (χ0n) is 25.3. The van der Waals surface area contributed by atoms with Crippen molar-refractivity contribution in [1.82, 2.24) is 10.6 Å². The van der Waals surface area contributed by atoms with Crippen LogP contribution in [0.1, 0.15) is 70.7 Å². The molecule has 0 aliphatic carbocycles. The largest absolute Gasteiger partial charge is 0.490 e. The summed E-state index contributed by atoms with van der Waals surface area (Å²) in [4.78, 5) is 25.7. The van der Waals surface area contributed by atoms with Crippen molar-refractivity contribution in [2.45, 2.75) is 72.4 Å². The highest BCUT2D eigenvalue weighted by atomic mass is 35.5. The normalized spacial score (nSPS) is 14.2. The van der Waals surface area contributed by atoms with E-state index in [4.69, 9.17) is 19.9 Å². The Kier molecular flexibility index (Phi) is 20.7. The lowest BCUT2D eigenvalue weighted by Crippen LogP contribution is -2.44. The van der Waals surface area contributed by atoms with Crippen LogP contribution in [0.5, 0.6) is 5.75 Å². The van der Waals surface area contributed by atoms with Crippen LogP contribution in [-0.4, -0.2) is 75.7 Å². The summed E-state index contributed by atoms with van der Waals surface area (Å²) in [5.74, 6) is 0.314. The van der Waals surface area contributed by atoms with E-state index in [1.54, 1.807) is 25.3 Å². The maximum absolute atomic E-state index is 13.0. The predicted molar refractivity (Wildman–Crippen MR) is 162 cm³/mol. The molecule has 1 aromatic rings. The molecule has 0 bridgehead atoms. The number of nitrogens with one attached hydrogen (secondary N) is 2. The summed E-state index contributed by atoms with van der Waals surface area (Å²) in [6.45, 7) is 13.0. The molecule has 0 saturated heterocycles. The van der Waals surface area contributed by atoms with Gasteiger partial charge in [-0.3, -0.25) is 9.59 Å². The number of hydrogen-bond donors (Lipinski definition) is 4. The molecule has 0 heterocycles. The number of hydrogen-bond acceptors (Lipinski definition) is 7. The van der Waals surface area contributed by atoms with Crippen molar-refractivity contribution in [3.05, 3.63) is 29.8 Å². The predicted octanol–water partition coefficient (Wildman–Crippen LogP) is 3.81. The van der Waals surface area contributed by atoms with Crippen molar-refractivity contribution < 1.29 is 28.9 Å². The first-order chi connectivity index (χ1) is 18.6. The van der Waals surface area contributed by atoms with Gasteiger partial charge in [0.1, 0.15) is 12.4 Å². The summed E-state index contributed by atoms with van der Waals surface area (Å²) < 4.78 is 16.2. The average Bonchev–Trinajstić information content (AvgIpc) is 2.90. The molecule has 0 spiro atoms. The molecular formula is C30H54ClN3O6. The number of aliphatic hydroxyl groups excluding tert-OH is 1. The molecule has 2 amide bonds. The quantitative estimate of drug-likeness (QED) is 0.161. The van der Waals surface area contributed by atoms with E-state index in [0.29, 0.717) is 63.7 Å². The molecule has 0 saturated carbocycles. The van der Waals surface area contributed by atoms with Crippen LogP contribution in [0.25, 0.3) is 0 Å². The highest BCUT2D eigenvalue weighted by Gasteiger charge is 2.29. The van der Waals surface area contributed by atoms with E-state index in [2.05, 4.69) is 31.4 Å². The Labute approximate surface area is 247 Å². The Morgan fingerprint density at radius 2 is 1.65 bits per heavy atom. The van der Waals surface area contributed by atoms with Crippen LogP contribution in [0, 0.1) is 23.7 Å². The third-order valence-electron chi connectivity index (χ3n) is 7.05. The average molecular weight is 588 g/mol. The van der Waals surface area contributed by atoms with Gasteiger partial charge in [-0.05, 0) is 49.1 Å². The molecule has 0 aliphatic rings. The molecule has 5 N–H and O–H groups in total. The molecule has 4 atom stereocenters. The highest BCUT2D eigenvalue weighted by molar-refractivity contribution is 5.96. The van der Waals surface area contributed by atoms with Crippen LogP contribution in [0.15, 0.2) is 24.3 Å². The number of amides is 2. The second-order valence-corrected chi connectivity index (χ2v) is 10.9. The van der Waals surface area contributed by atoms with E-state index in [1.807, 2.05) is 19.9 Å². The molecule has 0 unspecified atom stereocenters. The van der Waals surface area contributed by atoms with Gasteiger partial charge in [0.25, 0.3) is 5.91 Å². The van der Waals surface area contributed by atoms with Crippen LogP contribution in [0.4, 0.5) is 0 Å². The van der Waals surface area contributed by atoms with Crippen LogP contribution in [0.3, 0.4) is 0 Å². The Morgan fingerprint density at radius 1 is 0.975 bits per heavy atom. The van der Waals surface area contributed by atoms with E-state index in [-0.39, 0.29) is 47.9 Å². The minimum atomic E-state index is -0.813. The number of unbranched alkanes of at least 4 members (excludes halogenated alkanes) is 1. The van der Waals surface area contributed by atoms with Crippen molar-refractivity contribution in [3.63, 3.8) is 0 Å². The molecule has 1 aromatic carbocycles. The Hall–Kier alpha value is -1.91.